The van der Waals surface area contributed by atoms with Gasteiger partial charge in [-0.15, -0.1) is 0 Å². The average Bonchev–Trinajstić information content (AvgIpc) is 3.03. The van der Waals surface area contributed by atoms with Gasteiger partial charge in [0.1, 0.15) is 5.75 Å². The first-order chi connectivity index (χ1) is 12.4. The molecule has 0 spiro atoms. The number of aromatic nitrogens is 2. The van der Waals surface area contributed by atoms with Gasteiger partial charge in [0.05, 0.1) is 17.1 Å². The molecule has 0 aliphatic heterocycles. The highest BCUT2D eigenvalue weighted by atomic mass is 32.2. The lowest BCUT2D eigenvalue weighted by Crippen LogP contribution is -2.13. The number of nitrogens with zero attached hydrogens (tertiary/aromatic N) is 2. The molecular weight excluding hydrogens is 354 g/mol. The SMILES string of the molecule is CCOc1ccc(S(=O)(=O)Nc2ccc(C)cc2)cc1-c1nc(C)no1. The lowest BCUT2D eigenvalue weighted by atomic mass is 10.2. The van der Waals surface area contributed by atoms with Gasteiger partial charge in [-0.1, -0.05) is 22.9 Å². The third-order valence-corrected chi connectivity index (χ3v) is 5.00. The molecule has 1 aromatic heterocycles. The zero-order chi connectivity index (χ0) is 18.7. The summed E-state index contributed by atoms with van der Waals surface area (Å²) < 4.78 is 38.8. The highest BCUT2D eigenvalue weighted by Crippen LogP contribution is 2.32. The smallest absolute Gasteiger partial charge is 0.261 e. The molecule has 0 fully saturated rings. The van der Waals surface area contributed by atoms with Crippen LogP contribution in [-0.4, -0.2) is 25.2 Å². The van der Waals surface area contributed by atoms with E-state index in [1.165, 1.54) is 12.1 Å². The van der Waals surface area contributed by atoms with E-state index in [1.54, 1.807) is 25.1 Å². The fourth-order valence-electron chi connectivity index (χ4n) is 2.37. The summed E-state index contributed by atoms with van der Waals surface area (Å²) in [6, 6.07) is 11.6. The molecule has 8 heteroatoms. The number of anilines is 1. The van der Waals surface area contributed by atoms with Crippen LogP contribution < -0.4 is 9.46 Å². The molecule has 7 nitrogen and oxygen atoms in total. The first kappa shape index (κ1) is 17.9. The maximum absolute atomic E-state index is 12.7. The Balaban J connectivity index is 2.00. The van der Waals surface area contributed by atoms with Gasteiger partial charge in [-0.3, -0.25) is 4.72 Å². The molecule has 1 N–H and O–H groups in total. The number of hydrogen-bond donors (Lipinski definition) is 1. The third-order valence-electron chi connectivity index (χ3n) is 3.62. The Morgan fingerprint density at radius 3 is 2.46 bits per heavy atom. The summed E-state index contributed by atoms with van der Waals surface area (Å²) in [4.78, 5) is 4.24. The molecule has 26 heavy (non-hydrogen) atoms. The highest BCUT2D eigenvalue weighted by Gasteiger charge is 2.20. The fraction of sp³-hybridized carbons (Fsp3) is 0.222. The van der Waals surface area contributed by atoms with Crippen LogP contribution in [0.15, 0.2) is 51.9 Å². The molecule has 3 rings (SSSR count). The van der Waals surface area contributed by atoms with Crippen LogP contribution in [0.2, 0.25) is 0 Å². The zero-order valence-corrected chi connectivity index (χ0v) is 15.5. The van der Waals surface area contributed by atoms with Crippen LogP contribution >= 0.6 is 0 Å². The maximum Gasteiger partial charge on any atom is 0.261 e. The van der Waals surface area contributed by atoms with Gasteiger partial charge in [-0.2, -0.15) is 4.98 Å². The number of rotatable bonds is 6. The molecule has 0 saturated carbocycles. The Morgan fingerprint density at radius 1 is 1.12 bits per heavy atom. The number of sulfonamides is 1. The Labute approximate surface area is 152 Å². The van der Waals surface area contributed by atoms with Crippen molar-refractivity contribution in [2.24, 2.45) is 0 Å². The van der Waals surface area contributed by atoms with Gasteiger partial charge in [0.25, 0.3) is 15.9 Å². The van der Waals surface area contributed by atoms with E-state index in [-0.39, 0.29) is 10.8 Å². The Bertz CT molecular complexity index is 1010. The molecule has 2 aromatic carbocycles. The van der Waals surface area contributed by atoms with Crippen LogP contribution in [0.3, 0.4) is 0 Å². The van der Waals surface area contributed by atoms with Crippen molar-refractivity contribution >= 4 is 15.7 Å². The van der Waals surface area contributed by atoms with E-state index in [2.05, 4.69) is 14.9 Å². The summed E-state index contributed by atoms with van der Waals surface area (Å²) >= 11 is 0. The summed E-state index contributed by atoms with van der Waals surface area (Å²) in [7, 11) is -3.78. The van der Waals surface area contributed by atoms with E-state index >= 15 is 0 Å². The van der Waals surface area contributed by atoms with Gasteiger partial charge < -0.3 is 9.26 Å². The van der Waals surface area contributed by atoms with E-state index in [9.17, 15) is 8.42 Å². The summed E-state index contributed by atoms with van der Waals surface area (Å²) in [5, 5.41) is 3.76. The molecule has 0 atom stereocenters. The standard InChI is InChI=1S/C18H19N3O4S/c1-4-24-17-10-9-15(11-16(17)18-19-13(3)20-25-18)26(22,23)21-14-7-5-12(2)6-8-14/h5-11,21H,4H2,1-3H3. The number of hydrogen-bond acceptors (Lipinski definition) is 6. The van der Waals surface area contributed by atoms with Crippen molar-refractivity contribution in [2.45, 2.75) is 25.7 Å². The summed E-state index contributed by atoms with van der Waals surface area (Å²) in [5.74, 6) is 1.14. The normalized spacial score (nSPS) is 11.3. The summed E-state index contributed by atoms with van der Waals surface area (Å²) in [5.41, 5.74) is 1.96. The van der Waals surface area contributed by atoms with Crippen molar-refractivity contribution in [1.82, 2.24) is 10.1 Å². The molecule has 0 aliphatic rings. The monoisotopic (exact) mass is 373 g/mol. The van der Waals surface area contributed by atoms with Crippen LogP contribution in [0.5, 0.6) is 5.75 Å². The number of aryl methyl sites for hydroxylation is 2. The van der Waals surface area contributed by atoms with Crippen molar-refractivity contribution in [2.75, 3.05) is 11.3 Å². The lowest BCUT2D eigenvalue weighted by molar-refractivity contribution is 0.339. The molecule has 0 amide bonds. The summed E-state index contributed by atoms with van der Waals surface area (Å²) in [6.45, 7) is 5.89. The second-order valence-corrected chi connectivity index (χ2v) is 7.39. The quantitative estimate of drug-likeness (QED) is 0.710. The van der Waals surface area contributed by atoms with Crippen LogP contribution in [0.1, 0.15) is 18.3 Å². The minimum absolute atomic E-state index is 0.0763. The predicted molar refractivity (Wildman–Crippen MR) is 97.6 cm³/mol. The largest absolute Gasteiger partial charge is 0.493 e. The molecule has 0 aliphatic carbocycles. The van der Waals surface area contributed by atoms with E-state index < -0.39 is 10.0 Å². The molecule has 136 valence electrons. The minimum atomic E-state index is -3.78. The van der Waals surface area contributed by atoms with Gasteiger partial charge >= 0.3 is 0 Å². The number of benzene rings is 2. The Hall–Kier alpha value is -2.87. The maximum atomic E-state index is 12.7. The zero-order valence-electron chi connectivity index (χ0n) is 14.7. The molecule has 0 unspecified atom stereocenters. The Kier molecular flexibility index (Phi) is 4.94. The van der Waals surface area contributed by atoms with E-state index in [4.69, 9.17) is 9.26 Å². The highest BCUT2D eigenvalue weighted by molar-refractivity contribution is 7.92. The average molecular weight is 373 g/mol. The van der Waals surface area contributed by atoms with Gasteiger partial charge in [0.15, 0.2) is 5.82 Å². The second kappa shape index (κ2) is 7.17. The van der Waals surface area contributed by atoms with Crippen LogP contribution in [-0.2, 0) is 10.0 Å². The number of nitrogens with one attached hydrogen (secondary N) is 1. The predicted octanol–water partition coefficient (Wildman–Crippen LogP) is 3.55. The molecule has 1 heterocycles. The summed E-state index contributed by atoms with van der Waals surface area (Å²) in [6.07, 6.45) is 0. The van der Waals surface area contributed by atoms with Gasteiger partial charge in [0.2, 0.25) is 0 Å². The molecule has 3 aromatic rings. The van der Waals surface area contributed by atoms with Gasteiger partial charge in [0, 0.05) is 5.69 Å². The third kappa shape index (κ3) is 3.85. The second-order valence-electron chi connectivity index (χ2n) is 5.71. The van der Waals surface area contributed by atoms with E-state index in [1.807, 2.05) is 26.0 Å². The van der Waals surface area contributed by atoms with Crippen LogP contribution in [0.25, 0.3) is 11.5 Å². The van der Waals surface area contributed by atoms with E-state index in [0.717, 1.165) is 5.56 Å². The van der Waals surface area contributed by atoms with Gasteiger partial charge in [-0.25, -0.2) is 8.42 Å². The van der Waals surface area contributed by atoms with Crippen molar-refractivity contribution in [1.29, 1.82) is 0 Å². The topological polar surface area (TPSA) is 94.3 Å². The van der Waals surface area contributed by atoms with Crippen molar-refractivity contribution in [3.8, 4) is 17.2 Å². The number of ether oxygens (including phenoxy) is 1. The van der Waals surface area contributed by atoms with Crippen molar-refractivity contribution in [3.05, 3.63) is 53.9 Å². The van der Waals surface area contributed by atoms with Crippen LogP contribution in [0.4, 0.5) is 5.69 Å². The Morgan fingerprint density at radius 2 is 1.85 bits per heavy atom. The minimum Gasteiger partial charge on any atom is -0.493 e. The van der Waals surface area contributed by atoms with Crippen molar-refractivity contribution in [3.63, 3.8) is 0 Å². The first-order valence-corrected chi connectivity index (χ1v) is 9.54. The molecule has 0 radical (unpaired) electrons. The molecule has 0 saturated heterocycles. The molecular formula is C18H19N3O4S. The first-order valence-electron chi connectivity index (χ1n) is 8.06. The van der Waals surface area contributed by atoms with E-state index in [0.29, 0.717) is 29.4 Å². The fourth-order valence-corrected chi connectivity index (χ4v) is 3.45. The molecule has 0 bridgehead atoms. The lowest BCUT2D eigenvalue weighted by Gasteiger charge is -2.12. The van der Waals surface area contributed by atoms with Gasteiger partial charge in [-0.05, 0) is 51.1 Å². The van der Waals surface area contributed by atoms with Crippen LogP contribution in [0, 0.1) is 13.8 Å². The van der Waals surface area contributed by atoms with Crippen molar-refractivity contribution < 1.29 is 17.7 Å².